The number of benzene rings is 1. The fraction of sp³-hybridized carbons (Fsp3) is 0.480. The second kappa shape index (κ2) is 9.47. The first-order valence-corrected chi connectivity index (χ1v) is 11.9. The Balaban J connectivity index is 1.26. The molecule has 174 valence electrons. The first-order valence-electron chi connectivity index (χ1n) is 11.9. The molecular weight excluding hydrogens is 419 g/mol. The van der Waals surface area contributed by atoms with E-state index < -0.39 is 5.82 Å². The third kappa shape index (κ3) is 5.16. The number of anilines is 3. The van der Waals surface area contributed by atoms with Gasteiger partial charge in [0.15, 0.2) is 11.6 Å². The number of likely N-dealkylation sites (tertiary alicyclic amines) is 1. The number of nitrogens with zero attached hydrogens (tertiary/aromatic N) is 4. The Kier molecular flexibility index (Phi) is 6.26. The van der Waals surface area contributed by atoms with E-state index in [1.807, 2.05) is 6.07 Å². The lowest BCUT2D eigenvalue weighted by Gasteiger charge is -2.32. The van der Waals surface area contributed by atoms with E-state index in [1.54, 1.807) is 4.90 Å². The first kappa shape index (κ1) is 21.8. The van der Waals surface area contributed by atoms with Gasteiger partial charge in [-0.1, -0.05) is 12.6 Å². The molecule has 8 heteroatoms. The second-order valence-corrected chi connectivity index (χ2v) is 9.24. The van der Waals surface area contributed by atoms with Gasteiger partial charge < -0.3 is 15.5 Å². The van der Waals surface area contributed by atoms with E-state index in [9.17, 15) is 9.18 Å². The number of carbonyl (C=O) groups excluding carboxylic acids is 1. The van der Waals surface area contributed by atoms with Crippen molar-refractivity contribution in [1.82, 2.24) is 19.8 Å². The van der Waals surface area contributed by atoms with E-state index in [1.165, 1.54) is 36.2 Å². The van der Waals surface area contributed by atoms with Crippen LogP contribution in [-0.2, 0) is 17.6 Å². The topological polar surface area (TPSA) is 73.4 Å². The molecule has 0 radical (unpaired) electrons. The minimum Gasteiger partial charge on any atom is -0.363 e. The average Bonchev–Trinajstić information content (AvgIpc) is 3.68. The molecule has 0 bridgehead atoms. The van der Waals surface area contributed by atoms with E-state index in [4.69, 9.17) is 0 Å². The Labute approximate surface area is 194 Å². The molecule has 1 amide bonds. The van der Waals surface area contributed by atoms with E-state index in [0.717, 1.165) is 50.5 Å². The van der Waals surface area contributed by atoms with Crippen molar-refractivity contribution in [3.05, 3.63) is 54.0 Å². The molecule has 7 nitrogen and oxygen atoms in total. The van der Waals surface area contributed by atoms with Crippen LogP contribution in [0.1, 0.15) is 36.8 Å². The number of nitrogens with one attached hydrogen (secondary N) is 2. The Morgan fingerprint density at radius 3 is 2.76 bits per heavy atom. The summed E-state index contributed by atoms with van der Waals surface area (Å²) in [5.41, 5.74) is 3.67. The molecule has 2 N–H and O–H groups in total. The highest BCUT2D eigenvalue weighted by Crippen LogP contribution is 2.30. The van der Waals surface area contributed by atoms with Crippen molar-refractivity contribution in [1.29, 1.82) is 0 Å². The second-order valence-electron chi connectivity index (χ2n) is 9.24. The number of fused-ring (bicyclic) bond motifs is 1. The summed E-state index contributed by atoms with van der Waals surface area (Å²) in [7, 11) is 0. The van der Waals surface area contributed by atoms with Crippen LogP contribution in [0.25, 0.3) is 0 Å². The van der Waals surface area contributed by atoms with Crippen LogP contribution in [0.3, 0.4) is 0 Å². The fourth-order valence-corrected chi connectivity index (χ4v) is 4.90. The van der Waals surface area contributed by atoms with E-state index in [2.05, 4.69) is 44.2 Å². The van der Waals surface area contributed by atoms with Gasteiger partial charge in [0.2, 0.25) is 11.9 Å². The molecule has 1 aromatic heterocycles. The number of halogens is 1. The van der Waals surface area contributed by atoms with Gasteiger partial charge in [-0.25, -0.2) is 9.37 Å². The lowest BCUT2D eigenvalue weighted by atomic mass is 10.0. The lowest BCUT2D eigenvalue weighted by molar-refractivity contribution is -0.127. The van der Waals surface area contributed by atoms with Gasteiger partial charge in [0.1, 0.15) is 0 Å². The van der Waals surface area contributed by atoms with Crippen LogP contribution in [0.5, 0.6) is 0 Å². The molecule has 2 fully saturated rings. The summed E-state index contributed by atoms with van der Waals surface area (Å²) >= 11 is 0. The number of rotatable bonds is 6. The van der Waals surface area contributed by atoms with Crippen LogP contribution in [0, 0.1) is 5.82 Å². The van der Waals surface area contributed by atoms with Crippen molar-refractivity contribution < 1.29 is 9.18 Å². The Morgan fingerprint density at radius 2 is 1.97 bits per heavy atom. The summed E-state index contributed by atoms with van der Waals surface area (Å²) in [6, 6.07) is 7.13. The van der Waals surface area contributed by atoms with E-state index in [0.29, 0.717) is 19.0 Å². The van der Waals surface area contributed by atoms with Crippen LogP contribution < -0.4 is 10.6 Å². The molecule has 1 saturated heterocycles. The standard InChI is InChI=1S/C25H31FN6O/c1-2-23(33)32-11-3-4-20(16-32)28-24-22(26)15-27-25(30-24)29-19-6-5-17-9-12-31(21-7-8-21)13-10-18(17)14-19/h2,5-6,14-15,20-21H,1,3-4,7-13,16H2,(H2,27,28,29,30). The summed E-state index contributed by atoms with van der Waals surface area (Å²) in [6.07, 6.45) is 9.00. The smallest absolute Gasteiger partial charge is 0.246 e. The quantitative estimate of drug-likeness (QED) is 0.657. The fourth-order valence-electron chi connectivity index (χ4n) is 4.90. The van der Waals surface area contributed by atoms with Crippen LogP contribution in [0.4, 0.5) is 21.8 Å². The Bertz CT molecular complexity index is 1040. The lowest BCUT2D eigenvalue weighted by Crippen LogP contribution is -2.44. The highest BCUT2D eigenvalue weighted by atomic mass is 19.1. The molecule has 2 aliphatic heterocycles. The number of carbonyl (C=O) groups is 1. The number of aromatic nitrogens is 2. The molecule has 5 rings (SSSR count). The summed E-state index contributed by atoms with van der Waals surface area (Å²) in [4.78, 5) is 24.8. The summed E-state index contributed by atoms with van der Waals surface area (Å²) < 4.78 is 14.4. The van der Waals surface area contributed by atoms with Crippen LogP contribution >= 0.6 is 0 Å². The number of hydrogen-bond acceptors (Lipinski definition) is 6. The average molecular weight is 451 g/mol. The minimum absolute atomic E-state index is 0.0678. The molecular formula is C25H31FN6O. The van der Waals surface area contributed by atoms with Crippen molar-refractivity contribution in [2.24, 2.45) is 0 Å². The van der Waals surface area contributed by atoms with Crippen LogP contribution in [0.15, 0.2) is 37.1 Å². The van der Waals surface area contributed by atoms with Gasteiger partial charge in [-0.05, 0) is 67.9 Å². The maximum atomic E-state index is 14.4. The van der Waals surface area contributed by atoms with Crippen molar-refractivity contribution in [2.75, 3.05) is 36.8 Å². The number of hydrogen-bond donors (Lipinski definition) is 2. The molecule has 1 aromatic carbocycles. The first-order chi connectivity index (χ1) is 16.1. The van der Waals surface area contributed by atoms with Gasteiger partial charge in [-0.2, -0.15) is 4.98 Å². The molecule has 1 aliphatic carbocycles. The number of piperidine rings is 1. The molecule has 2 aromatic rings. The molecule has 33 heavy (non-hydrogen) atoms. The zero-order valence-electron chi connectivity index (χ0n) is 18.9. The predicted molar refractivity (Wildman–Crippen MR) is 127 cm³/mol. The van der Waals surface area contributed by atoms with Crippen LogP contribution in [-0.4, -0.2) is 63.9 Å². The zero-order valence-corrected chi connectivity index (χ0v) is 18.9. The Morgan fingerprint density at radius 1 is 1.15 bits per heavy atom. The molecule has 1 atom stereocenters. The van der Waals surface area contributed by atoms with Gasteiger partial charge in [0, 0.05) is 44.0 Å². The van der Waals surface area contributed by atoms with Gasteiger partial charge in [0.05, 0.1) is 6.20 Å². The third-order valence-corrected chi connectivity index (χ3v) is 6.86. The molecule has 0 spiro atoms. The summed E-state index contributed by atoms with van der Waals surface area (Å²) in [5.74, 6) is -0.104. The van der Waals surface area contributed by atoms with Crippen molar-refractivity contribution in [3.8, 4) is 0 Å². The minimum atomic E-state index is -0.505. The Hall–Kier alpha value is -3.00. The molecule has 3 aliphatic rings. The van der Waals surface area contributed by atoms with Gasteiger partial charge in [-0.3, -0.25) is 9.69 Å². The van der Waals surface area contributed by atoms with E-state index >= 15 is 0 Å². The normalized spacial score (nSPS) is 21.1. The highest BCUT2D eigenvalue weighted by Gasteiger charge is 2.29. The maximum Gasteiger partial charge on any atom is 0.246 e. The largest absolute Gasteiger partial charge is 0.363 e. The maximum absolute atomic E-state index is 14.4. The monoisotopic (exact) mass is 450 g/mol. The number of amides is 1. The highest BCUT2D eigenvalue weighted by molar-refractivity contribution is 5.87. The van der Waals surface area contributed by atoms with Crippen molar-refractivity contribution >= 4 is 23.4 Å². The third-order valence-electron chi connectivity index (χ3n) is 6.86. The summed E-state index contributed by atoms with van der Waals surface area (Å²) in [6.45, 7) is 6.99. The van der Waals surface area contributed by atoms with Crippen molar-refractivity contribution in [3.63, 3.8) is 0 Å². The predicted octanol–water partition coefficient (Wildman–Crippen LogP) is 3.51. The molecule has 3 heterocycles. The van der Waals surface area contributed by atoms with Crippen LogP contribution in [0.2, 0.25) is 0 Å². The van der Waals surface area contributed by atoms with Gasteiger partial charge in [0.25, 0.3) is 0 Å². The SMILES string of the molecule is C=CC(=O)N1CCCC(Nc2nc(Nc3ccc4c(c3)CCN(C3CC3)CC4)ncc2F)C1. The van der Waals surface area contributed by atoms with Crippen molar-refractivity contribution in [2.45, 2.75) is 50.6 Å². The van der Waals surface area contributed by atoms with Gasteiger partial charge >= 0.3 is 0 Å². The summed E-state index contributed by atoms with van der Waals surface area (Å²) in [5, 5.41) is 6.41. The molecule has 1 saturated carbocycles. The van der Waals surface area contributed by atoms with E-state index in [-0.39, 0.29) is 17.8 Å². The zero-order chi connectivity index (χ0) is 22.8. The molecule has 1 unspecified atom stereocenters. The van der Waals surface area contributed by atoms with Gasteiger partial charge in [-0.15, -0.1) is 0 Å².